The molecule has 0 bridgehead atoms. The Morgan fingerprint density at radius 3 is 2.55 bits per heavy atom. The van der Waals surface area contributed by atoms with Gasteiger partial charge in [0, 0.05) is 26.2 Å². The summed E-state index contributed by atoms with van der Waals surface area (Å²) in [4.78, 5) is 11.9. The van der Waals surface area contributed by atoms with Crippen molar-refractivity contribution in [3.8, 4) is 0 Å². The lowest BCUT2D eigenvalue weighted by Crippen LogP contribution is -2.46. The van der Waals surface area contributed by atoms with E-state index in [1.807, 2.05) is 0 Å². The lowest BCUT2D eigenvalue weighted by Gasteiger charge is -2.27. The minimum absolute atomic E-state index is 0. The number of ether oxygens (including phenoxy) is 1. The van der Waals surface area contributed by atoms with Crippen molar-refractivity contribution in [2.45, 2.75) is 18.7 Å². The van der Waals surface area contributed by atoms with Gasteiger partial charge in [0.05, 0.1) is 17.1 Å². The van der Waals surface area contributed by atoms with Gasteiger partial charge < -0.3 is 10.1 Å². The molecule has 1 fully saturated rings. The molecule has 1 saturated heterocycles. The van der Waals surface area contributed by atoms with Crippen LogP contribution in [0.3, 0.4) is 0 Å². The summed E-state index contributed by atoms with van der Waals surface area (Å²) < 4.78 is 31.7. The number of piperazine rings is 1. The highest BCUT2D eigenvalue weighted by Crippen LogP contribution is 2.22. The molecule has 0 spiro atoms. The predicted molar refractivity (Wildman–Crippen MR) is 86.0 cm³/mol. The van der Waals surface area contributed by atoms with E-state index in [1.165, 1.54) is 10.4 Å². The van der Waals surface area contributed by atoms with E-state index in [2.05, 4.69) is 5.32 Å². The van der Waals surface area contributed by atoms with E-state index in [0.29, 0.717) is 31.7 Å². The highest BCUT2D eigenvalue weighted by Gasteiger charge is 2.28. The van der Waals surface area contributed by atoms with Crippen molar-refractivity contribution in [2.24, 2.45) is 0 Å². The number of halogens is 1. The fourth-order valence-electron chi connectivity index (χ4n) is 2.24. The average Bonchev–Trinajstić information content (AvgIpc) is 2.48. The zero-order chi connectivity index (χ0) is 15.5. The molecule has 0 amide bonds. The molecule has 0 unspecified atom stereocenters. The summed E-state index contributed by atoms with van der Waals surface area (Å²) in [5.74, 6) is -0.505. The Bertz CT molecular complexity index is 628. The van der Waals surface area contributed by atoms with E-state index < -0.39 is 16.0 Å². The number of benzene rings is 1. The van der Waals surface area contributed by atoms with E-state index in [4.69, 9.17) is 4.74 Å². The maximum absolute atomic E-state index is 12.7. The van der Waals surface area contributed by atoms with Crippen LogP contribution in [0.1, 0.15) is 22.8 Å². The molecule has 0 aliphatic carbocycles. The zero-order valence-electron chi connectivity index (χ0n) is 12.7. The standard InChI is InChI=1S/C14H20N2O4S.ClH/c1-3-20-14(17)12-5-4-11(2)13(10-12)21(18,19)16-8-6-15-7-9-16;/h4-5,10,15H,3,6-9H2,1-2H3;1H. The number of carbonyl (C=O) groups excluding carboxylic acids is 1. The first kappa shape index (κ1) is 18.9. The van der Waals surface area contributed by atoms with Crippen LogP contribution >= 0.6 is 12.4 Å². The van der Waals surface area contributed by atoms with Crippen molar-refractivity contribution in [3.05, 3.63) is 29.3 Å². The Kier molecular flexibility index (Phi) is 6.80. The topological polar surface area (TPSA) is 75.7 Å². The van der Waals surface area contributed by atoms with E-state index in [0.717, 1.165) is 0 Å². The molecule has 6 nitrogen and oxygen atoms in total. The number of carbonyl (C=O) groups is 1. The van der Waals surface area contributed by atoms with Crippen LogP contribution in [0, 0.1) is 6.92 Å². The first-order valence-electron chi connectivity index (χ1n) is 6.95. The van der Waals surface area contributed by atoms with Crippen LogP contribution in [0.4, 0.5) is 0 Å². The van der Waals surface area contributed by atoms with E-state index >= 15 is 0 Å². The third kappa shape index (κ3) is 3.98. The van der Waals surface area contributed by atoms with Gasteiger partial charge in [-0.3, -0.25) is 0 Å². The Morgan fingerprint density at radius 1 is 1.32 bits per heavy atom. The number of aryl methyl sites for hydroxylation is 1. The van der Waals surface area contributed by atoms with Gasteiger partial charge >= 0.3 is 5.97 Å². The molecular weight excluding hydrogens is 328 g/mol. The summed E-state index contributed by atoms with van der Waals surface area (Å²) in [5, 5.41) is 3.12. The van der Waals surface area contributed by atoms with Gasteiger partial charge in [-0.05, 0) is 31.5 Å². The quantitative estimate of drug-likeness (QED) is 0.827. The van der Waals surface area contributed by atoms with Gasteiger partial charge in [0.2, 0.25) is 10.0 Å². The molecule has 0 aromatic heterocycles. The third-order valence-electron chi connectivity index (χ3n) is 3.39. The number of nitrogens with one attached hydrogen (secondary N) is 1. The van der Waals surface area contributed by atoms with Crippen LogP contribution in [0.2, 0.25) is 0 Å². The van der Waals surface area contributed by atoms with E-state index in [1.54, 1.807) is 26.0 Å². The van der Waals surface area contributed by atoms with E-state index in [9.17, 15) is 13.2 Å². The molecule has 0 saturated carbocycles. The van der Waals surface area contributed by atoms with Crippen LogP contribution in [0.5, 0.6) is 0 Å². The smallest absolute Gasteiger partial charge is 0.338 e. The molecular formula is C14H21ClN2O4S. The second-order valence-corrected chi connectivity index (χ2v) is 6.76. The minimum atomic E-state index is -3.58. The monoisotopic (exact) mass is 348 g/mol. The number of nitrogens with zero attached hydrogens (tertiary/aromatic N) is 1. The summed E-state index contributed by atoms with van der Waals surface area (Å²) in [5.41, 5.74) is 0.887. The van der Waals surface area contributed by atoms with Crippen LogP contribution in [0.15, 0.2) is 23.1 Å². The molecule has 0 radical (unpaired) electrons. The van der Waals surface area contributed by atoms with Gasteiger partial charge in [-0.15, -0.1) is 12.4 Å². The largest absolute Gasteiger partial charge is 0.462 e. The fourth-order valence-corrected chi connectivity index (χ4v) is 3.94. The van der Waals surface area contributed by atoms with Gasteiger partial charge in [-0.25, -0.2) is 13.2 Å². The molecule has 1 aliphatic rings. The van der Waals surface area contributed by atoms with Gasteiger partial charge in [-0.1, -0.05) is 6.07 Å². The van der Waals surface area contributed by atoms with Crippen LogP contribution < -0.4 is 5.32 Å². The summed E-state index contributed by atoms with van der Waals surface area (Å²) in [6.07, 6.45) is 0. The molecule has 1 aromatic carbocycles. The van der Waals surface area contributed by atoms with Crippen molar-refractivity contribution in [2.75, 3.05) is 32.8 Å². The molecule has 1 N–H and O–H groups in total. The maximum Gasteiger partial charge on any atom is 0.338 e. The summed E-state index contributed by atoms with van der Waals surface area (Å²) >= 11 is 0. The Hall–Kier alpha value is -1.15. The Morgan fingerprint density at radius 2 is 1.95 bits per heavy atom. The highest BCUT2D eigenvalue weighted by molar-refractivity contribution is 7.89. The lowest BCUT2D eigenvalue weighted by molar-refractivity contribution is 0.0526. The van der Waals surface area contributed by atoms with Crippen molar-refractivity contribution >= 4 is 28.4 Å². The second kappa shape index (κ2) is 7.92. The van der Waals surface area contributed by atoms with Gasteiger partial charge in [-0.2, -0.15) is 4.31 Å². The van der Waals surface area contributed by atoms with E-state index in [-0.39, 0.29) is 29.5 Å². The van der Waals surface area contributed by atoms with Crippen LogP contribution in [-0.4, -0.2) is 51.5 Å². The average molecular weight is 349 g/mol. The third-order valence-corrected chi connectivity index (χ3v) is 5.43. The molecule has 22 heavy (non-hydrogen) atoms. The minimum Gasteiger partial charge on any atom is -0.462 e. The highest BCUT2D eigenvalue weighted by atomic mass is 35.5. The molecule has 2 rings (SSSR count). The number of sulfonamides is 1. The predicted octanol–water partition coefficient (Wildman–Crippen LogP) is 1.19. The van der Waals surface area contributed by atoms with Gasteiger partial charge in [0.1, 0.15) is 0 Å². The molecule has 1 aliphatic heterocycles. The fraction of sp³-hybridized carbons (Fsp3) is 0.500. The molecule has 1 heterocycles. The van der Waals surface area contributed by atoms with Crippen molar-refractivity contribution in [1.29, 1.82) is 0 Å². The molecule has 1 aromatic rings. The second-order valence-electron chi connectivity index (χ2n) is 4.85. The number of rotatable bonds is 4. The lowest BCUT2D eigenvalue weighted by atomic mass is 10.1. The number of esters is 1. The van der Waals surface area contributed by atoms with Crippen LogP contribution in [-0.2, 0) is 14.8 Å². The Labute approximate surface area is 137 Å². The number of hydrogen-bond acceptors (Lipinski definition) is 5. The van der Waals surface area contributed by atoms with Crippen molar-refractivity contribution in [1.82, 2.24) is 9.62 Å². The first-order chi connectivity index (χ1) is 9.96. The normalized spacial score (nSPS) is 15.9. The summed E-state index contributed by atoms with van der Waals surface area (Å²) in [6, 6.07) is 4.64. The van der Waals surface area contributed by atoms with Gasteiger partial charge in [0.25, 0.3) is 0 Å². The first-order valence-corrected chi connectivity index (χ1v) is 8.39. The molecule has 8 heteroatoms. The Balaban J connectivity index is 0.00000242. The van der Waals surface area contributed by atoms with Crippen molar-refractivity contribution < 1.29 is 17.9 Å². The maximum atomic E-state index is 12.7. The summed E-state index contributed by atoms with van der Waals surface area (Å²) in [7, 11) is -3.58. The van der Waals surface area contributed by atoms with Crippen molar-refractivity contribution in [3.63, 3.8) is 0 Å². The summed E-state index contributed by atoms with van der Waals surface area (Å²) in [6.45, 7) is 5.84. The number of hydrogen-bond donors (Lipinski definition) is 1. The SMILES string of the molecule is CCOC(=O)c1ccc(C)c(S(=O)(=O)N2CCNCC2)c1.Cl. The van der Waals surface area contributed by atoms with Gasteiger partial charge in [0.15, 0.2) is 0 Å². The molecule has 124 valence electrons. The zero-order valence-corrected chi connectivity index (χ0v) is 14.3. The molecule has 0 atom stereocenters. The van der Waals surface area contributed by atoms with Crippen LogP contribution in [0.25, 0.3) is 0 Å².